The molecule has 0 bridgehead atoms. The molecule has 4 heteroatoms. The van der Waals surface area contributed by atoms with E-state index >= 15 is 0 Å². The molecule has 0 fully saturated rings. The average Bonchev–Trinajstić information content (AvgIpc) is 4.00. The molecule has 4 nitrogen and oxygen atoms in total. The first-order valence-electron chi connectivity index (χ1n) is 21.3. The molecule has 0 aliphatic heterocycles. The molecule has 0 radical (unpaired) electrons. The molecule has 13 rings (SSSR count). The Morgan fingerprint density at radius 1 is 0.435 bits per heavy atom. The van der Waals surface area contributed by atoms with Crippen molar-refractivity contribution in [2.24, 2.45) is 0 Å². The number of hydrogen-bond acceptors (Lipinski definition) is 1. The van der Waals surface area contributed by atoms with Gasteiger partial charge in [-0.05, 0) is 106 Å². The van der Waals surface area contributed by atoms with E-state index < -0.39 is 0 Å². The summed E-state index contributed by atoms with van der Waals surface area (Å²) in [5.41, 5.74) is 17.6. The van der Waals surface area contributed by atoms with Gasteiger partial charge in [0.25, 0.3) is 5.56 Å². The van der Waals surface area contributed by atoms with E-state index in [0.29, 0.717) is 5.56 Å². The van der Waals surface area contributed by atoms with Gasteiger partial charge in [0, 0.05) is 60.1 Å². The standard InChI is InChI=1S/C58H39N3O/c1-5-38-39(6-2)57(62)61-54-27-25-35(30-46(54)44-21-14-20-43(38)56(44)61)34-15-13-16-36(29-34)59-51-23-11-8-18-41(51)47-31-37(26-28-53(47)59)60-52-24-12-9-19-42(52)48-32-45-40-17-7-10-22-49(40)58(3,4)50(45)33-55(48)60/h5-33H,1-2H2,3-4H3. The second-order valence-corrected chi connectivity index (χ2v) is 17.4. The molecule has 0 atom stereocenters. The molecule has 8 aromatic carbocycles. The third-order valence-electron chi connectivity index (χ3n) is 13.9. The maximum absolute atomic E-state index is 13.9. The molecule has 62 heavy (non-hydrogen) atoms. The fourth-order valence-electron chi connectivity index (χ4n) is 11.1. The van der Waals surface area contributed by atoms with Gasteiger partial charge in [0.15, 0.2) is 0 Å². The van der Waals surface area contributed by atoms with Crippen LogP contribution in [0.5, 0.6) is 0 Å². The lowest BCUT2D eigenvalue weighted by molar-refractivity contribution is 0.661. The Morgan fingerprint density at radius 3 is 1.82 bits per heavy atom. The van der Waals surface area contributed by atoms with Gasteiger partial charge in [-0.1, -0.05) is 136 Å². The maximum atomic E-state index is 13.9. The molecule has 4 heterocycles. The number of para-hydroxylation sites is 3. The number of benzene rings is 8. The summed E-state index contributed by atoms with van der Waals surface area (Å²) in [4.78, 5) is 13.9. The number of nitrogens with zero attached hydrogens (tertiary/aromatic N) is 3. The van der Waals surface area contributed by atoms with Gasteiger partial charge in [0.05, 0.1) is 33.1 Å². The minimum Gasteiger partial charge on any atom is -0.309 e. The fourth-order valence-corrected chi connectivity index (χ4v) is 11.1. The van der Waals surface area contributed by atoms with Crippen LogP contribution in [0.3, 0.4) is 0 Å². The minimum absolute atomic E-state index is 0.0746. The van der Waals surface area contributed by atoms with Gasteiger partial charge in [-0.2, -0.15) is 0 Å². The first-order chi connectivity index (χ1) is 30.4. The van der Waals surface area contributed by atoms with Gasteiger partial charge in [0.1, 0.15) is 0 Å². The van der Waals surface area contributed by atoms with E-state index in [9.17, 15) is 4.79 Å². The molecule has 1 aliphatic carbocycles. The number of aromatic nitrogens is 3. The van der Waals surface area contributed by atoms with Crippen molar-refractivity contribution >= 4 is 83.0 Å². The first kappa shape index (κ1) is 34.9. The molecule has 0 spiro atoms. The predicted octanol–water partition coefficient (Wildman–Crippen LogP) is 14.5. The average molecular weight is 794 g/mol. The largest absolute Gasteiger partial charge is 0.309 e. The summed E-state index contributed by atoms with van der Waals surface area (Å²) in [5, 5.41) is 8.03. The number of fused-ring (bicyclic) bond motifs is 12. The molecule has 0 unspecified atom stereocenters. The van der Waals surface area contributed by atoms with Crippen molar-refractivity contribution in [1.82, 2.24) is 13.5 Å². The zero-order chi connectivity index (χ0) is 41.6. The van der Waals surface area contributed by atoms with Crippen LogP contribution in [0, 0.1) is 0 Å². The van der Waals surface area contributed by atoms with Crippen molar-refractivity contribution in [2.75, 3.05) is 0 Å². The quantitative estimate of drug-likeness (QED) is 0.171. The lowest BCUT2D eigenvalue weighted by Crippen LogP contribution is -2.17. The lowest BCUT2D eigenvalue weighted by Gasteiger charge is -2.21. The third-order valence-corrected chi connectivity index (χ3v) is 13.9. The normalized spacial score (nSPS) is 13.3. The highest BCUT2D eigenvalue weighted by Crippen LogP contribution is 2.51. The molecule has 0 amide bonds. The lowest BCUT2D eigenvalue weighted by atomic mass is 9.82. The second-order valence-electron chi connectivity index (χ2n) is 17.4. The van der Waals surface area contributed by atoms with Crippen LogP contribution in [0.1, 0.15) is 36.1 Å². The van der Waals surface area contributed by atoms with Gasteiger partial charge in [-0.25, -0.2) is 0 Å². The highest BCUT2D eigenvalue weighted by molar-refractivity contribution is 6.17. The molecule has 292 valence electrons. The summed E-state index contributed by atoms with van der Waals surface area (Å²) in [6, 6.07) is 59.8. The Bertz CT molecular complexity index is 4020. The summed E-state index contributed by atoms with van der Waals surface area (Å²) in [6.45, 7) is 12.7. The van der Waals surface area contributed by atoms with Crippen LogP contribution in [-0.4, -0.2) is 13.5 Å². The summed E-state index contributed by atoms with van der Waals surface area (Å²) < 4.78 is 6.71. The highest BCUT2D eigenvalue weighted by Gasteiger charge is 2.36. The van der Waals surface area contributed by atoms with Crippen molar-refractivity contribution in [1.29, 1.82) is 0 Å². The van der Waals surface area contributed by atoms with Gasteiger partial charge in [0.2, 0.25) is 0 Å². The van der Waals surface area contributed by atoms with Crippen molar-refractivity contribution in [3.63, 3.8) is 0 Å². The summed E-state index contributed by atoms with van der Waals surface area (Å²) >= 11 is 0. The molecular formula is C58H39N3O. The predicted molar refractivity (Wildman–Crippen MR) is 262 cm³/mol. The van der Waals surface area contributed by atoms with Gasteiger partial charge < -0.3 is 9.13 Å². The Hall–Kier alpha value is -7.95. The summed E-state index contributed by atoms with van der Waals surface area (Å²) in [7, 11) is 0. The van der Waals surface area contributed by atoms with Crippen molar-refractivity contribution < 1.29 is 0 Å². The monoisotopic (exact) mass is 793 g/mol. The number of hydrogen-bond donors (Lipinski definition) is 0. The number of pyridine rings is 1. The van der Waals surface area contributed by atoms with Crippen molar-refractivity contribution in [3.8, 4) is 33.6 Å². The zero-order valence-corrected chi connectivity index (χ0v) is 34.4. The summed E-state index contributed by atoms with van der Waals surface area (Å²) in [5.74, 6) is 0. The molecule has 1 aliphatic rings. The van der Waals surface area contributed by atoms with Crippen LogP contribution in [-0.2, 0) is 5.41 Å². The highest BCUT2D eigenvalue weighted by atomic mass is 16.1. The molecular weight excluding hydrogens is 755 g/mol. The molecule has 4 aromatic heterocycles. The van der Waals surface area contributed by atoms with Crippen LogP contribution in [0.25, 0.3) is 117 Å². The minimum atomic E-state index is -0.101. The zero-order valence-electron chi connectivity index (χ0n) is 34.4. The van der Waals surface area contributed by atoms with E-state index in [4.69, 9.17) is 0 Å². The van der Waals surface area contributed by atoms with E-state index in [2.05, 4.69) is 200 Å². The molecule has 0 saturated carbocycles. The molecule has 0 saturated heterocycles. The fraction of sp³-hybridized carbons (Fsp3) is 0.0517. The van der Waals surface area contributed by atoms with Crippen LogP contribution in [0.2, 0.25) is 0 Å². The maximum Gasteiger partial charge on any atom is 0.263 e. The van der Waals surface area contributed by atoms with Crippen LogP contribution in [0.15, 0.2) is 182 Å². The van der Waals surface area contributed by atoms with Crippen LogP contribution in [0.4, 0.5) is 0 Å². The Morgan fingerprint density at radius 2 is 1.03 bits per heavy atom. The smallest absolute Gasteiger partial charge is 0.263 e. The van der Waals surface area contributed by atoms with Gasteiger partial charge in [-0.3, -0.25) is 9.20 Å². The van der Waals surface area contributed by atoms with E-state index in [1.165, 1.54) is 54.8 Å². The molecule has 0 N–H and O–H groups in total. The van der Waals surface area contributed by atoms with Crippen molar-refractivity contribution in [2.45, 2.75) is 19.3 Å². The SMILES string of the molecule is C=Cc1c(C=C)c2cccc3c4cc(-c5cccc(-n6c7ccccc7c7cc(-n8c9ccccc9c9cc%10c(cc98)C(C)(C)c8ccccc8-%10)ccc76)c5)ccc4n(c1=O)c23. The van der Waals surface area contributed by atoms with E-state index in [1.807, 2.05) is 4.40 Å². The second kappa shape index (κ2) is 12.3. The Kier molecular flexibility index (Phi) is 6.92. The van der Waals surface area contributed by atoms with E-state index in [0.717, 1.165) is 66.3 Å². The molecule has 12 aromatic rings. The van der Waals surface area contributed by atoms with E-state index in [1.54, 1.807) is 12.2 Å². The van der Waals surface area contributed by atoms with Gasteiger partial charge >= 0.3 is 0 Å². The Labute approximate surface area is 357 Å². The van der Waals surface area contributed by atoms with E-state index in [-0.39, 0.29) is 11.0 Å². The van der Waals surface area contributed by atoms with Crippen molar-refractivity contribution in [3.05, 3.63) is 210 Å². The topological polar surface area (TPSA) is 31.3 Å². The Balaban J connectivity index is 0.986. The summed E-state index contributed by atoms with van der Waals surface area (Å²) in [6.07, 6.45) is 3.42. The van der Waals surface area contributed by atoms with Crippen LogP contribution < -0.4 is 5.56 Å². The number of rotatable bonds is 5. The third kappa shape index (κ3) is 4.43. The van der Waals surface area contributed by atoms with Gasteiger partial charge in [-0.15, -0.1) is 0 Å². The van der Waals surface area contributed by atoms with Crippen LogP contribution >= 0.6 is 0 Å². The first-order valence-corrected chi connectivity index (χ1v) is 21.3.